The summed E-state index contributed by atoms with van der Waals surface area (Å²) in [4.78, 5) is 16.2. The van der Waals surface area contributed by atoms with Gasteiger partial charge in [-0.15, -0.1) is 0 Å². The fourth-order valence-electron chi connectivity index (χ4n) is 3.11. The van der Waals surface area contributed by atoms with Crippen molar-refractivity contribution in [1.29, 1.82) is 0 Å². The van der Waals surface area contributed by atoms with Crippen LogP contribution in [0.15, 0.2) is 24.3 Å². The number of quaternary nitrogens is 2. The van der Waals surface area contributed by atoms with Crippen molar-refractivity contribution in [3.05, 3.63) is 30.1 Å². The molecule has 0 spiro atoms. The summed E-state index contributed by atoms with van der Waals surface area (Å²) in [5.41, 5.74) is 6.73. The first kappa shape index (κ1) is 17.4. The van der Waals surface area contributed by atoms with E-state index in [4.69, 9.17) is 10.5 Å². The quantitative estimate of drug-likeness (QED) is 0.510. The summed E-state index contributed by atoms with van der Waals surface area (Å²) >= 11 is 0. The fraction of sp³-hybridized carbons (Fsp3) is 0.471. The van der Waals surface area contributed by atoms with E-state index in [1.54, 1.807) is 12.0 Å². The molecule has 0 amide bonds. The molecular formula is C17H27N7O+2. The number of rotatable bonds is 6. The number of nitrogens with zero attached hydrogens (tertiary/aromatic N) is 3. The highest BCUT2D eigenvalue weighted by Crippen LogP contribution is 2.19. The summed E-state index contributed by atoms with van der Waals surface area (Å²) < 4.78 is 5.24. The SMILES string of the molecule is CC[NH+]1CC[NH+](Cc2nc(N)nc(Nc3cccc(OC)c3)n2)CC1. The summed E-state index contributed by atoms with van der Waals surface area (Å²) in [5.74, 6) is 2.21. The monoisotopic (exact) mass is 345 g/mol. The predicted octanol–water partition coefficient (Wildman–Crippen LogP) is -1.49. The van der Waals surface area contributed by atoms with Gasteiger partial charge >= 0.3 is 0 Å². The molecule has 0 saturated carbocycles. The smallest absolute Gasteiger partial charge is 0.232 e. The van der Waals surface area contributed by atoms with E-state index in [0.29, 0.717) is 5.95 Å². The van der Waals surface area contributed by atoms with Gasteiger partial charge in [-0.1, -0.05) is 6.07 Å². The number of piperazine rings is 1. The highest BCUT2D eigenvalue weighted by molar-refractivity contribution is 5.56. The number of aromatic nitrogens is 3. The maximum atomic E-state index is 5.88. The molecule has 8 nitrogen and oxygen atoms in total. The fourth-order valence-corrected chi connectivity index (χ4v) is 3.11. The van der Waals surface area contributed by atoms with E-state index in [2.05, 4.69) is 27.2 Å². The topological polar surface area (TPSA) is 94.8 Å². The molecule has 0 unspecified atom stereocenters. The van der Waals surface area contributed by atoms with Gasteiger partial charge in [-0.05, 0) is 19.1 Å². The minimum atomic E-state index is 0.243. The van der Waals surface area contributed by atoms with Crippen LogP contribution in [0.4, 0.5) is 17.6 Å². The molecule has 0 bridgehead atoms. The first-order valence-electron chi connectivity index (χ1n) is 8.75. The van der Waals surface area contributed by atoms with Crippen molar-refractivity contribution in [2.45, 2.75) is 13.5 Å². The number of nitrogen functional groups attached to an aromatic ring is 1. The summed E-state index contributed by atoms with van der Waals surface area (Å²) in [6.45, 7) is 8.87. The van der Waals surface area contributed by atoms with Crippen LogP contribution in [0.2, 0.25) is 0 Å². The minimum absolute atomic E-state index is 0.243. The highest BCUT2D eigenvalue weighted by atomic mass is 16.5. The molecule has 5 N–H and O–H groups in total. The van der Waals surface area contributed by atoms with Gasteiger partial charge in [-0.2, -0.15) is 15.0 Å². The Hall–Kier alpha value is -2.45. The largest absolute Gasteiger partial charge is 0.497 e. The number of anilines is 3. The highest BCUT2D eigenvalue weighted by Gasteiger charge is 2.23. The summed E-state index contributed by atoms with van der Waals surface area (Å²) in [5, 5.41) is 3.18. The number of methoxy groups -OCH3 is 1. The van der Waals surface area contributed by atoms with Crippen LogP contribution in [0.25, 0.3) is 0 Å². The van der Waals surface area contributed by atoms with Crippen LogP contribution in [-0.4, -0.2) is 54.8 Å². The Labute approximate surface area is 148 Å². The van der Waals surface area contributed by atoms with Gasteiger partial charge in [0.15, 0.2) is 5.82 Å². The van der Waals surface area contributed by atoms with Crippen molar-refractivity contribution < 1.29 is 14.5 Å². The molecular weight excluding hydrogens is 318 g/mol. The van der Waals surface area contributed by atoms with Crippen molar-refractivity contribution in [2.75, 3.05) is 50.9 Å². The first-order valence-corrected chi connectivity index (χ1v) is 8.75. The molecule has 1 saturated heterocycles. The second kappa shape index (κ2) is 8.09. The van der Waals surface area contributed by atoms with E-state index in [1.165, 1.54) is 24.5 Å². The van der Waals surface area contributed by atoms with Gasteiger partial charge in [0.1, 0.15) is 38.5 Å². The van der Waals surface area contributed by atoms with Gasteiger partial charge in [0.2, 0.25) is 11.9 Å². The van der Waals surface area contributed by atoms with Gasteiger partial charge < -0.3 is 25.6 Å². The molecule has 134 valence electrons. The lowest BCUT2D eigenvalue weighted by Crippen LogP contribution is -3.27. The Bertz CT molecular complexity index is 701. The van der Waals surface area contributed by atoms with E-state index < -0.39 is 0 Å². The third kappa shape index (κ3) is 4.77. The summed E-state index contributed by atoms with van der Waals surface area (Å²) in [6, 6.07) is 7.61. The van der Waals surface area contributed by atoms with E-state index in [9.17, 15) is 0 Å². The van der Waals surface area contributed by atoms with Gasteiger partial charge in [0, 0.05) is 11.8 Å². The number of hydrogen-bond donors (Lipinski definition) is 4. The summed E-state index contributed by atoms with van der Waals surface area (Å²) in [6.07, 6.45) is 0. The van der Waals surface area contributed by atoms with Gasteiger partial charge in [0.05, 0.1) is 13.7 Å². The lowest BCUT2D eigenvalue weighted by molar-refractivity contribution is -1.02. The number of likely N-dealkylation sites (N-methyl/N-ethyl adjacent to an activating group) is 1. The predicted molar refractivity (Wildman–Crippen MR) is 96.2 cm³/mol. The number of ether oxygens (including phenoxy) is 1. The van der Waals surface area contributed by atoms with Crippen LogP contribution in [0.3, 0.4) is 0 Å². The molecule has 8 heteroatoms. The second-order valence-electron chi connectivity index (χ2n) is 6.32. The number of hydrogen-bond acceptors (Lipinski definition) is 6. The van der Waals surface area contributed by atoms with E-state index >= 15 is 0 Å². The molecule has 0 radical (unpaired) electrons. The molecule has 25 heavy (non-hydrogen) atoms. The Morgan fingerprint density at radius 1 is 1.12 bits per heavy atom. The van der Waals surface area contributed by atoms with Crippen molar-refractivity contribution in [2.24, 2.45) is 0 Å². The van der Waals surface area contributed by atoms with E-state index in [-0.39, 0.29) is 5.95 Å². The Morgan fingerprint density at radius 2 is 1.88 bits per heavy atom. The van der Waals surface area contributed by atoms with E-state index in [0.717, 1.165) is 36.9 Å². The third-order valence-electron chi connectivity index (χ3n) is 4.60. The molecule has 3 rings (SSSR count). The third-order valence-corrected chi connectivity index (χ3v) is 4.60. The van der Waals surface area contributed by atoms with Gasteiger partial charge in [0.25, 0.3) is 0 Å². The standard InChI is InChI=1S/C17H25N7O/c1-3-23-7-9-24(10-8-23)12-15-20-16(18)22-17(21-15)19-13-5-4-6-14(11-13)25-2/h4-6,11H,3,7-10,12H2,1-2H3,(H3,18,19,20,21,22)/p+2. The Morgan fingerprint density at radius 3 is 2.60 bits per heavy atom. The average molecular weight is 345 g/mol. The normalized spacial score (nSPS) is 20.2. The zero-order valence-electron chi connectivity index (χ0n) is 14.9. The van der Waals surface area contributed by atoms with E-state index in [1.807, 2.05) is 24.3 Å². The average Bonchev–Trinajstić information content (AvgIpc) is 2.62. The van der Waals surface area contributed by atoms with Gasteiger partial charge in [-0.3, -0.25) is 0 Å². The lowest BCUT2D eigenvalue weighted by atomic mass is 10.3. The molecule has 1 fully saturated rings. The second-order valence-corrected chi connectivity index (χ2v) is 6.32. The van der Waals surface area contributed by atoms with Crippen LogP contribution < -0.4 is 25.6 Å². The molecule has 1 aliphatic heterocycles. The number of nitrogens with one attached hydrogen (secondary N) is 3. The molecule has 0 atom stereocenters. The molecule has 0 aliphatic carbocycles. The molecule has 2 aromatic rings. The summed E-state index contributed by atoms with van der Waals surface area (Å²) in [7, 11) is 1.64. The van der Waals surface area contributed by atoms with Gasteiger partial charge in [-0.25, -0.2) is 0 Å². The Kier molecular flexibility index (Phi) is 5.62. The van der Waals surface area contributed by atoms with Crippen molar-refractivity contribution in [3.63, 3.8) is 0 Å². The van der Waals surface area contributed by atoms with Crippen LogP contribution >= 0.6 is 0 Å². The van der Waals surface area contributed by atoms with Crippen LogP contribution in [0, 0.1) is 0 Å². The van der Waals surface area contributed by atoms with Crippen LogP contribution in [-0.2, 0) is 6.54 Å². The molecule has 1 aliphatic rings. The maximum absolute atomic E-state index is 5.88. The molecule has 1 aromatic carbocycles. The number of benzene rings is 1. The van der Waals surface area contributed by atoms with Crippen LogP contribution in [0.5, 0.6) is 5.75 Å². The van der Waals surface area contributed by atoms with Crippen LogP contribution in [0.1, 0.15) is 12.7 Å². The first-order chi connectivity index (χ1) is 12.2. The lowest BCUT2D eigenvalue weighted by Gasteiger charge is -2.28. The maximum Gasteiger partial charge on any atom is 0.232 e. The van der Waals surface area contributed by atoms with Crippen molar-refractivity contribution in [1.82, 2.24) is 15.0 Å². The minimum Gasteiger partial charge on any atom is -0.497 e. The number of nitrogens with two attached hydrogens (primary N) is 1. The zero-order valence-corrected chi connectivity index (χ0v) is 14.9. The molecule has 1 aromatic heterocycles. The molecule has 2 heterocycles. The zero-order chi connectivity index (χ0) is 17.6. The van der Waals surface area contributed by atoms with Crippen molar-refractivity contribution in [3.8, 4) is 5.75 Å². The Balaban J connectivity index is 1.68. The van der Waals surface area contributed by atoms with Crippen molar-refractivity contribution >= 4 is 17.6 Å².